The van der Waals surface area contributed by atoms with Crippen molar-refractivity contribution in [3.8, 4) is 0 Å². The van der Waals surface area contributed by atoms with Gasteiger partial charge in [0, 0.05) is 17.3 Å². The Balaban J connectivity index is 2.03. The van der Waals surface area contributed by atoms with Crippen LogP contribution in [0.25, 0.3) is 0 Å². The lowest BCUT2D eigenvalue weighted by Gasteiger charge is -2.23. The highest BCUT2D eigenvalue weighted by atomic mass is 35.5. The predicted molar refractivity (Wildman–Crippen MR) is 74.1 cm³/mol. The Morgan fingerprint density at radius 3 is 2.83 bits per heavy atom. The van der Waals surface area contributed by atoms with E-state index in [-0.39, 0.29) is 0 Å². The standard InChI is InChI=1S/C13H18ClN3O/c14-10-1-2-11(13(15)18)12(7-10)17-8-9-3-5-16-6-4-9/h1-2,7,9,16-17H,3-6,8H2,(H2,15,18). The molecule has 18 heavy (non-hydrogen) atoms. The van der Waals surface area contributed by atoms with E-state index >= 15 is 0 Å². The van der Waals surface area contributed by atoms with Gasteiger partial charge in [0.15, 0.2) is 0 Å². The molecular formula is C13H18ClN3O. The van der Waals surface area contributed by atoms with Crippen LogP contribution in [0.2, 0.25) is 5.02 Å². The molecule has 0 aliphatic carbocycles. The van der Waals surface area contributed by atoms with Crippen molar-refractivity contribution in [1.29, 1.82) is 0 Å². The zero-order chi connectivity index (χ0) is 13.0. The summed E-state index contributed by atoms with van der Waals surface area (Å²) in [6.07, 6.45) is 2.30. The Morgan fingerprint density at radius 2 is 2.17 bits per heavy atom. The highest BCUT2D eigenvalue weighted by Crippen LogP contribution is 2.22. The molecule has 1 fully saturated rings. The molecule has 98 valence electrons. The molecule has 1 saturated heterocycles. The second-order valence-corrected chi connectivity index (χ2v) is 5.06. The molecule has 0 spiro atoms. The lowest BCUT2D eigenvalue weighted by Crippen LogP contribution is -2.31. The van der Waals surface area contributed by atoms with E-state index in [0.29, 0.717) is 16.5 Å². The van der Waals surface area contributed by atoms with E-state index in [4.69, 9.17) is 17.3 Å². The molecule has 1 heterocycles. The number of nitrogens with two attached hydrogens (primary N) is 1. The number of hydrogen-bond donors (Lipinski definition) is 3. The smallest absolute Gasteiger partial charge is 0.250 e. The van der Waals surface area contributed by atoms with E-state index in [1.54, 1.807) is 18.2 Å². The summed E-state index contributed by atoms with van der Waals surface area (Å²) in [4.78, 5) is 11.3. The first-order chi connectivity index (χ1) is 8.66. The molecule has 0 radical (unpaired) electrons. The van der Waals surface area contributed by atoms with Gasteiger partial charge in [0.25, 0.3) is 5.91 Å². The van der Waals surface area contributed by atoms with Crippen LogP contribution in [-0.2, 0) is 0 Å². The summed E-state index contributed by atoms with van der Waals surface area (Å²) >= 11 is 5.94. The van der Waals surface area contributed by atoms with E-state index in [1.807, 2.05) is 0 Å². The van der Waals surface area contributed by atoms with Gasteiger partial charge in [-0.1, -0.05) is 11.6 Å². The van der Waals surface area contributed by atoms with E-state index in [1.165, 1.54) is 0 Å². The van der Waals surface area contributed by atoms with Gasteiger partial charge < -0.3 is 16.4 Å². The van der Waals surface area contributed by atoms with Crippen molar-refractivity contribution in [1.82, 2.24) is 5.32 Å². The van der Waals surface area contributed by atoms with Gasteiger partial charge in [-0.25, -0.2) is 0 Å². The third-order valence-electron chi connectivity index (χ3n) is 3.29. The summed E-state index contributed by atoms with van der Waals surface area (Å²) in [5, 5.41) is 7.23. The minimum absolute atomic E-state index is 0.431. The summed E-state index contributed by atoms with van der Waals surface area (Å²) in [6, 6.07) is 5.09. The Bertz CT molecular complexity index is 430. The molecular weight excluding hydrogens is 250 g/mol. The van der Waals surface area contributed by atoms with E-state index in [2.05, 4.69) is 10.6 Å². The van der Waals surface area contributed by atoms with Crippen LogP contribution in [0.3, 0.4) is 0 Å². The molecule has 5 heteroatoms. The second kappa shape index (κ2) is 6.07. The van der Waals surface area contributed by atoms with Crippen molar-refractivity contribution < 1.29 is 4.79 Å². The molecule has 0 saturated carbocycles. The molecule has 0 bridgehead atoms. The van der Waals surface area contributed by atoms with Gasteiger partial charge in [-0.05, 0) is 50.0 Å². The maximum absolute atomic E-state index is 11.3. The zero-order valence-electron chi connectivity index (χ0n) is 10.2. The minimum Gasteiger partial charge on any atom is -0.384 e. The van der Waals surface area contributed by atoms with Gasteiger partial charge in [0.1, 0.15) is 0 Å². The van der Waals surface area contributed by atoms with Crippen molar-refractivity contribution in [2.75, 3.05) is 25.0 Å². The van der Waals surface area contributed by atoms with Gasteiger partial charge in [-0.15, -0.1) is 0 Å². The van der Waals surface area contributed by atoms with Crippen molar-refractivity contribution >= 4 is 23.2 Å². The first kappa shape index (κ1) is 13.2. The van der Waals surface area contributed by atoms with Crippen molar-refractivity contribution in [3.05, 3.63) is 28.8 Å². The van der Waals surface area contributed by atoms with Crippen LogP contribution >= 0.6 is 11.6 Å². The SMILES string of the molecule is NC(=O)c1ccc(Cl)cc1NCC1CCNCC1. The Morgan fingerprint density at radius 1 is 1.44 bits per heavy atom. The van der Waals surface area contributed by atoms with Crippen LogP contribution in [0, 0.1) is 5.92 Å². The largest absolute Gasteiger partial charge is 0.384 e. The number of rotatable bonds is 4. The molecule has 1 aliphatic heterocycles. The zero-order valence-corrected chi connectivity index (χ0v) is 11.0. The van der Waals surface area contributed by atoms with Crippen molar-refractivity contribution in [2.24, 2.45) is 11.7 Å². The molecule has 0 unspecified atom stereocenters. The summed E-state index contributed by atoms with van der Waals surface area (Å²) in [7, 11) is 0. The molecule has 1 aromatic rings. The summed E-state index contributed by atoms with van der Waals surface area (Å²) in [5.74, 6) is 0.199. The molecule has 1 aromatic carbocycles. The summed E-state index contributed by atoms with van der Waals surface area (Å²) in [5.41, 5.74) is 6.57. The number of anilines is 1. The lowest BCUT2D eigenvalue weighted by molar-refractivity contribution is 0.100. The number of primary amides is 1. The van der Waals surface area contributed by atoms with E-state index in [0.717, 1.165) is 38.2 Å². The number of carbonyl (C=O) groups is 1. The van der Waals surface area contributed by atoms with Crippen molar-refractivity contribution in [3.63, 3.8) is 0 Å². The quantitative estimate of drug-likeness (QED) is 0.780. The topological polar surface area (TPSA) is 67.2 Å². The third kappa shape index (κ3) is 3.37. The number of carbonyl (C=O) groups excluding carboxylic acids is 1. The molecule has 0 aromatic heterocycles. The normalized spacial score (nSPS) is 16.5. The minimum atomic E-state index is -0.431. The molecule has 1 aliphatic rings. The fourth-order valence-electron chi connectivity index (χ4n) is 2.22. The molecule has 2 rings (SSSR count). The molecule has 0 atom stereocenters. The fourth-order valence-corrected chi connectivity index (χ4v) is 2.39. The third-order valence-corrected chi connectivity index (χ3v) is 3.52. The first-order valence-corrected chi connectivity index (χ1v) is 6.58. The predicted octanol–water partition coefficient (Wildman–Crippen LogP) is 1.85. The Hall–Kier alpha value is -1.26. The fraction of sp³-hybridized carbons (Fsp3) is 0.462. The second-order valence-electron chi connectivity index (χ2n) is 4.63. The molecule has 4 N–H and O–H groups in total. The Kier molecular flexibility index (Phi) is 4.44. The maximum Gasteiger partial charge on any atom is 0.250 e. The van der Waals surface area contributed by atoms with Gasteiger partial charge in [0.2, 0.25) is 0 Å². The molecule has 4 nitrogen and oxygen atoms in total. The van der Waals surface area contributed by atoms with Gasteiger partial charge in [0.05, 0.1) is 5.56 Å². The number of halogens is 1. The number of piperidine rings is 1. The lowest BCUT2D eigenvalue weighted by atomic mass is 9.98. The number of amides is 1. The highest BCUT2D eigenvalue weighted by molar-refractivity contribution is 6.31. The van der Waals surface area contributed by atoms with Crippen LogP contribution in [0.5, 0.6) is 0 Å². The van der Waals surface area contributed by atoms with E-state index < -0.39 is 5.91 Å². The number of nitrogens with one attached hydrogen (secondary N) is 2. The van der Waals surface area contributed by atoms with Crippen molar-refractivity contribution in [2.45, 2.75) is 12.8 Å². The van der Waals surface area contributed by atoms with E-state index in [9.17, 15) is 4.79 Å². The van der Waals surface area contributed by atoms with Crippen LogP contribution < -0.4 is 16.4 Å². The van der Waals surface area contributed by atoms with Gasteiger partial charge in [-0.3, -0.25) is 4.79 Å². The van der Waals surface area contributed by atoms with Crippen LogP contribution in [0.1, 0.15) is 23.2 Å². The Labute approximate surface area is 112 Å². The highest BCUT2D eigenvalue weighted by Gasteiger charge is 2.14. The van der Waals surface area contributed by atoms with Gasteiger partial charge in [-0.2, -0.15) is 0 Å². The van der Waals surface area contributed by atoms with Crippen LogP contribution in [-0.4, -0.2) is 25.5 Å². The van der Waals surface area contributed by atoms with Gasteiger partial charge >= 0.3 is 0 Å². The summed E-state index contributed by atoms with van der Waals surface area (Å²) < 4.78 is 0. The summed E-state index contributed by atoms with van der Waals surface area (Å²) in [6.45, 7) is 2.97. The van der Waals surface area contributed by atoms with Crippen LogP contribution in [0.15, 0.2) is 18.2 Å². The monoisotopic (exact) mass is 267 g/mol. The van der Waals surface area contributed by atoms with Crippen LogP contribution in [0.4, 0.5) is 5.69 Å². The average molecular weight is 268 g/mol. The average Bonchev–Trinajstić information content (AvgIpc) is 2.37. The maximum atomic E-state index is 11.3. The molecule has 1 amide bonds. The number of benzene rings is 1. The first-order valence-electron chi connectivity index (χ1n) is 6.21. The number of hydrogen-bond acceptors (Lipinski definition) is 3.